The van der Waals surface area contributed by atoms with Crippen molar-refractivity contribution < 1.29 is 0 Å². The average Bonchev–Trinajstić information content (AvgIpc) is 3.25. The van der Waals surface area contributed by atoms with E-state index in [1.807, 2.05) is 0 Å². The minimum Gasteiger partial charge on any atom is -0.370 e. The van der Waals surface area contributed by atoms with Gasteiger partial charge in [-0.15, -0.1) is 0 Å². The van der Waals surface area contributed by atoms with Gasteiger partial charge < -0.3 is 4.90 Å². The summed E-state index contributed by atoms with van der Waals surface area (Å²) in [5.74, 6) is 0. The fourth-order valence-corrected chi connectivity index (χ4v) is 8.83. The van der Waals surface area contributed by atoms with E-state index < -0.39 is 0 Å². The molecule has 0 spiro atoms. The second kappa shape index (κ2) is 15.1. The number of anilines is 1. The van der Waals surface area contributed by atoms with Crippen molar-refractivity contribution in [2.75, 3.05) is 11.9 Å². The van der Waals surface area contributed by atoms with Gasteiger partial charge in [0, 0.05) is 19.3 Å². The monoisotopic (exact) mass is 763 g/mol. The standard InChI is InChI=1S/C58H53N/c1-57(2,3)46-28-23-39(24-29-46)44-35-42-17-11-12-18-49(42)45(36-44)38-59(7)48-31-25-41(26-32-48)56-51(40-15-9-8-10-16-40)19-13-22-55(56)53-21-14-20-52-50-34-30-47(58(4,5)6)37-43(50)27-33-54(52)53/h8-37H,38H2,1-7H3. The van der Waals surface area contributed by atoms with Crippen LogP contribution in [0.25, 0.3) is 76.8 Å². The van der Waals surface area contributed by atoms with Gasteiger partial charge in [-0.1, -0.05) is 199 Å². The SMILES string of the molecule is CN(Cc1cc(-c2ccc(C(C)(C)C)cc2)cc2ccccc12)c1ccc(-c2c(-c3ccccc3)cccc2-c2cccc3c2ccc2cc(C(C)(C)C)ccc23)cc1. The third-order valence-electron chi connectivity index (χ3n) is 12.2. The predicted octanol–water partition coefficient (Wildman–Crippen LogP) is 16.0. The average molecular weight is 764 g/mol. The van der Waals surface area contributed by atoms with Crippen LogP contribution in [0.1, 0.15) is 58.2 Å². The molecule has 0 radical (unpaired) electrons. The Balaban J connectivity index is 1.10. The van der Waals surface area contributed by atoms with Crippen LogP contribution in [-0.2, 0) is 17.4 Å². The zero-order valence-electron chi connectivity index (χ0n) is 35.5. The van der Waals surface area contributed by atoms with E-state index in [1.165, 1.54) is 99.2 Å². The molecule has 1 heteroatoms. The first-order valence-electron chi connectivity index (χ1n) is 21.0. The van der Waals surface area contributed by atoms with Crippen molar-refractivity contribution in [1.29, 1.82) is 0 Å². The Morgan fingerprint density at radius 1 is 0.373 bits per heavy atom. The molecule has 0 saturated carbocycles. The first kappa shape index (κ1) is 38.1. The normalized spacial score (nSPS) is 12.1. The van der Waals surface area contributed by atoms with Crippen LogP contribution in [0, 0.1) is 0 Å². The highest BCUT2D eigenvalue weighted by Gasteiger charge is 2.19. The van der Waals surface area contributed by atoms with Crippen LogP contribution in [0.15, 0.2) is 182 Å². The minimum atomic E-state index is 0.0982. The number of nitrogens with zero attached hydrogens (tertiary/aromatic N) is 1. The van der Waals surface area contributed by atoms with Crippen molar-refractivity contribution in [3.8, 4) is 44.5 Å². The zero-order chi connectivity index (χ0) is 40.9. The molecule has 0 saturated heterocycles. The summed E-state index contributed by atoms with van der Waals surface area (Å²) >= 11 is 0. The van der Waals surface area contributed by atoms with Crippen molar-refractivity contribution in [3.63, 3.8) is 0 Å². The van der Waals surface area contributed by atoms with Crippen molar-refractivity contribution >= 4 is 38.0 Å². The molecule has 0 unspecified atom stereocenters. The summed E-state index contributed by atoms with van der Waals surface area (Å²) in [4.78, 5) is 2.38. The Kier molecular flexibility index (Phi) is 9.72. The zero-order valence-corrected chi connectivity index (χ0v) is 35.5. The lowest BCUT2D eigenvalue weighted by atomic mass is 9.84. The maximum absolute atomic E-state index is 2.39. The molecule has 9 aromatic rings. The summed E-state index contributed by atoms with van der Waals surface area (Å²) in [5.41, 5.74) is 15.3. The minimum absolute atomic E-state index is 0.0982. The van der Waals surface area contributed by atoms with E-state index in [9.17, 15) is 0 Å². The lowest BCUT2D eigenvalue weighted by Gasteiger charge is -2.23. The van der Waals surface area contributed by atoms with Crippen molar-refractivity contribution in [2.24, 2.45) is 0 Å². The highest BCUT2D eigenvalue weighted by atomic mass is 15.1. The van der Waals surface area contributed by atoms with Crippen LogP contribution in [0.4, 0.5) is 5.69 Å². The van der Waals surface area contributed by atoms with Crippen LogP contribution >= 0.6 is 0 Å². The molecule has 0 aliphatic heterocycles. The molecular weight excluding hydrogens is 711 g/mol. The first-order chi connectivity index (χ1) is 28.4. The predicted molar refractivity (Wildman–Crippen MR) is 257 cm³/mol. The van der Waals surface area contributed by atoms with Gasteiger partial charge in [-0.05, 0) is 129 Å². The quantitative estimate of drug-likeness (QED) is 0.146. The summed E-state index contributed by atoms with van der Waals surface area (Å²) in [7, 11) is 2.21. The Labute approximate surface area is 350 Å². The summed E-state index contributed by atoms with van der Waals surface area (Å²) in [6.07, 6.45) is 0. The van der Waals surface area contributed by atoms with E-state index in [0.717, 1.165) is 6.54 Å². The van der Waals surface area contributed by atoms with Gasteiger partial charge in [-0.3, -0.25) is 0 Å². The summed E-state index contributed by atoms with van der Waals surface area (Å²) in [6, 6.07) is 67.9. The van der Waals surface area contributed by atoms with Gasteiger partial charge in [0.1, 0.15) is 0 Å². The molecule has 0 heterocycles. The molecule has 0 aliphatic rings. The Hall–Kier alpha value is -6.44. The Morgan fingerprint density at radius 2 is 0.966 bits per heavy atom. The van der Waals surface area contributed by atoms with E-state index >= 15 is 0 Å². The van der Waals surface area contributed by atoms with Gasteiger partial charge >= 0.3 is 0 Å². The molecule has 0 aromatic heterocycles. The van der Waals surface area contributed by atoms with Gasteiger partial charge in [-0.2, -0.15) is 0 Å². The molecule has 9 aromatic carbocycles. The molecule has 0 aliphatic carbocycles. The second-order valence-electron chi connectivity index (χ2n) is 18.3. The Morgan fingerprint density at radius 3 is 1.71 bits per heavy atom. The number of hydrogen-bond acceptors (Lipinski definition) is 1. The number of benzene rings is 9. The summed E-state index contributed by atoms with van der Waals surface area (Å²) in [5, 5.41) is 7.70. The van der Waals surface area contributed by atoms with Crippen molar-refractivity contribution in [3.05, 3.63) is 199 Å². The fraction of sp³-hybridized carbons (Fsp3) is 0.172. The highest BCUT2D eigenvalue weighted by Crippen LogP contribution is 2.44. The Bertz CT molecular complexity index is 2960. The number of fused-ring (bicyclic) bond motifs is 4. The van der Waals surface area contributed by atoms with Crippen molar-refractivity contribution in [2.45, 2.75) is 58.9 Å². The molecule has 290 valence electrons. The molecule has 0 amide bonds. The van der Waals surface area contributed by atoms with Gasteiger partial charge in [0.25, 0.3) is 0 Å². The molecular formula is C58H53N. The van der Waals surface area contributed by atoms with Gasteiger partial charge in [0.05, 0.1) is 0 Å². The van der Waals surface area contributed by atoms with Gasteiger partial charge in [0.2, 0.25) is 0 Å². The van der Waals surface area contributed by atoms with Crippen LogP contribution < -0.4 is 4.90 Å². The third-order valence-corrected chi connectivity index (χ3v) is 12.2. The third kappa shape index (κ3) is 7.43. The van der Waals surface area contributed by atoms with Crippen LogP contribution in [0.2, 0.25) is 0 Å². The van der Waals surface area contributed by atoms with E-state index in [4.69, 9.17) is 0 Å². The van der Waals surface area contributed by atoms with Crippen LogP contribution in [0.5, 0.6) is 0 Å². The van der Waals surface area contributed by atoms with Gasteiger partial charge in [-0.25, -0.2) is 0 Å². The van der Waals surface area contributed by atoms with Crippen LogP contribution in [-0.4, -0.2) is 7.05 Å². The molecule has 0 fully saturated rings. The topological polar surface area (TPSA) is 3.24 Å². The lowest BCUT2D eigenvalue weighted by molar-refractivity contribution is 0.590. The second-order valence-corrected chi connectivity index (χ2v) is 18.3. The highest BCUT2D eigenvalue weighted by molar-refractivity contribution is 6.14. The van der Waals surface area contributed by atoms with E-state index in [0.29, 0.717) is 0 Å². The molecule has 0 atom stereocenters. The summed E-state index contributed by atoms with van der Waals surface area (Å²) < 4.78 is 0. The summed E-state index contributed by atoms with van der Waals surface area (Å²) in [6.45, 7) is 14.5. The maximum atomic E-state index is 2.39. The lowest BCUT2D eigenvalue weighted by Crippen LogP contribution is -2.16. The number of rotatable bonds is 7. The first-order valence-corrected chi connectivity index (χ1v) is 21.0. The molecule has 0 bridgehead atoms. The van der Waals surface area contributed by atoms with Crippen LogP contribution in [0.3, 0.4) is 0 Å². The van der Waals surface area contributed by atoms with Gasteiger partial charge in [0.15, 0.2) is 0 Å². The maximum Gasteiger partial charge on any atom is 0.0432 e. The fourth-order valence-electron chi connectivity index (χ4n) is 8.83. The number of hydrogen-bond donors (Lipinski definition) is 0. The van der Waals surface area contributed by atoms with Crippen molar-refractivity contribution in [1.82, 2.24) is 0 Å². The molecule has 0 N–H and O–H groups in total. The van der Waals surface area contributed by atoms with E-state index in [1.54, 1.807) is 0 Å². The smallest absolute Gasteiger partial charge is 0.0432 e. The molecule has 59 heavy (non-hydrogen) atoms. The van der Waals surface area contributed by atoms with E-state index in [-0.39, 0.29) is 10.8 Å². The molecule has 9 rings (SSSR count). The largest absolute Gasteiger partial charge is 0.370 e. The molecule has 1 nitrogen and oxygen atoms in total. The van der Waals surface area contributed by atoms with E-state index in [2.05, 4.69) is 235 Å².